The lowest BCUT2D eigenvalue weighted by atomic mass is 10.2. The van der Waals surface area contributed by atoms with Gasteiger partial charge in [-0.2, -0.15) is 0 Å². The average molecular weight is 230 g/mol. The maximum absolute atomic E-state index is 10.8. The van der Waals surface area contributed by atoms with E-state index in [1.807, 2.05) is 0 Å². The van der Waals surface area contributed by atoms with Crippen molar-refractivity contribution < 1.29 is 14.7 Å². The van der Waals surface area contributed by atoms with Crippen LogP contribution in [0.4, 0.5) is 5.69 Å². The number of carbonyl (C=O) groups is 1. The standard InChI is InChI=1S/C12H10N2O3/c15-12(16)9-3-1-4-10(7-9)14-11-5-2-6-17-13-8-11/h1-8,14H,(H,15,16). The van der Waals surface area contributed by atoms with Gasteiger partial charge < -0.3 is 15.3 Å². The molecule has 0 fully saturated rings. The summed E-state index contributed by atoms with van der Waals surface area (Å²) in [5.41, 5.74) is 1.62. The first-order chi connectivity index (χ1) is 8.25. The Labute approximate surface area is 97.7 Å². The van der Waals surface area contributed by atoms with Crippen molar-refractivity contribution in [1.29, 1.82) is 0 Å². The molecular formula is C12H10N2O3. The van der Waals surface area contributed by atoms with Crippen LogP contribution in [0, 0.1) is 0 Å². The first kappa shape index (κ1) is 10.9. The van der Waals surface area contributed by atoms with E-state index >= 15 is 0 Å². The largest absolute Gasteiger partial charge is 0.478 e. The zero-order chi connectivity index (χ0) is 12.1. The first-order valence-corrected chi connectivity index (χ1v) is 4.92. The second-order valence-electron chi connectivity index (χ2n) is 3.30. The molecule has 1 aromatic rings. The minimum atomic E-state index is -0.958. The zero-order valence-corrected chi connectivity index (χ0v) is 8.83. The molecule has 0 atom stereocenters. The first-order valence-electron chi connectivity index (χ1n) is 4.92. The van der Waals surface area contributed by atoms with Crippen molar-refractivity contribution in [2.45, 2.75) is 0 Å². The molecule has 0 saturated heterocycles. The van der Waals surface area contributed by atoms with Crippen molar-refractivity contribution >= 4 is 17.9 Å². The van der Waals surface area contributed by atoms with Crippen molar-refractivity contribution in [2.24, 2.45) is 5.16 Å². The SMILES string of the molecule is O=C(O)c1cccc(NC2=CC=CON=C2)c1. The molecule has 1 aromatic carbocycles. The van der Waals surface area contributed by atoms with Gasteiger partial charge in [0.1, 0.15) is 6.26 Å². The van der Waals surface area contributed by atoms with E-state index in [-0.39, 0.29) is 5.56 Å². The summed E-state index contributed by atoms with van der Waals surface area (Å²) in [5.74, 6) is -0.958. The topological polar surface area (TPSA) is 70.9 Å². The number of nitrogens with zero attached hydrogens (tertiary/aromatic N) is 1. The van der Waals surface area contributed by atoms with Gasteiger partial charge >= 0.3 is 5.97 Å². The number of hydrogen-bond donors (Lipinski definition) is 2. The second-order valence-corrected chi connectivity index (χ2v) is 3.30. The molecule has 2 rings (SSSR count). The quantitative estimate of drug-likeness (QED) is 0.835. The highest BCUT2D eigenvalue weighted by molar-refractivity contribution is 5.90. The Balaban J connectivity index is 2.18. The molecule has 0 bridgehead atoms. The van der Waals surface area contributed by atoms with E-state index in [4.69, 9.17) is 9.94 Å². The van der Waals surface area contributed by atoms with Gasteiger partial charge in [0.05, 0.1) is 17.5 Å². The van der Waals surface area contributed by atoms with E-state index in [2.05, 4.69) is 10.5 Å². The van der Waals surface area contributed by atoms with Gasteiger partial charge in [0.25, 0.3) is 0 Å². The van der Waals surface area contributed by atoms with Crippen LogP contribution in [0.15, 0.2) is 53.5 Å². The van der Waals surface area contributed by atoms with E-state index in [0.29, 0.717) is 11.4 Å². The normalized spacial score (nSPS) is 13.5. The number of rotatable bonds is 3. The third kappa shape index (κ3) is 2.94. The Morgan fingerprint density at radius 2 is 2.29 bits per heavy atom. The molecular weight excluding hydrogens is 220 g/mol. The summed E-state index contributed by atoms with van der Waals surface area (Å²) in [5, 5.41) is 15.5. The Morgan fingerprint density at radius 3 is 3.12 bits per heavy atom. The molecule has 17 heavy (non-hydrogen) atoms. The van der Waals surface area contributed by atoms with Gasteiger partial charge in [-0.3, -0.25) is 0 Å². The highest BCUT2D eigenvalue weighted by Crippen LogP contribution is 2.13. The number of hydrogen-bond acceptors (Lipinski definition) is 4. The third-order valence-corrected chi connectivity index (χ3v) is 2.07. The number of oxime groups is 1. The summed E-state index contributed by atoms with van der Waals surface area (Å²) in [7, 11) is 0. The van der Waals surface area contributed by atoms with Crippen molar-refractivity contribution in [3.8, 4) is 0 Å². The molecule has 0 amide bonds. The van der Waals surface area contributed by atoms with Gasteiger partial charge in [-0.05, 0) is 30.4 Å². The predicted molar refractivity (Wildman–Crippen MR) is 63.8 cm³/mol. The van der Waals surface area contributed by atoms with Crippen LogP contribution in [-0.2, 0) is 4.84 Å². The van der Waals surface area contributed by atoms with E-state index < -0.39 is 5.97 Å². The second kappa shape index (κ2) is 4.98. The molecule has 5 nitrogen and oxygen atoms in total. The fraction of sp³-hybridized carbons (Fsp3) is 0. The molecule has 5 heteroatoms. The molecule has 0 spiro atoms. The number of carboxylic acid groups (broad SMARTS) is 1. The monoisotopic (exact) mass is 230 g/mol. The van der Waals surface area contributed by atoms with Crippen LogP contribution in [-0.4, -0.2) is 17.3 Å². The lowest BCUT2D eigenvalue weighted by Crippen LogP contribution is -2.02. The Morgan fingerprint density at radius 1 is 1.41 bits per heavy atom. The van der Waals surface area contributed by atoms with Gasteiger partial charge in [-0.15, -0.1) is 0 Å². The number of aromatic carboxylic acids is 1. The maximum Gasteiger partial charge on any atom is 0.335 e. The molecule has 0 aliphatic carbocycles. The minimum Gasteiger partial charge on any atom is -0.478 e. The van der Waals surface area contributed by atoms with Gasteiger partial charge in [0, 0.05) is 5.69 Å². The summed E-state index contributed by atoms with van der Waals surface area (Å²) in [4.78, 5) is 15.5. The Hall–Kier alpha value is -2.56. The van der Waals surface area contributed by atoms with Gasteiger partial charge in [0.2, 0.25) is 0 Å². The van der Waals surface area contributed by atoms with Gasteiger partial charge in [-0.25, -0.2) is 4.79 Å². The van der Waals surface area contributed by atoms with Gasteiger partial charge in [0.15, 0.2) is 0 Å². The predicted octanol–water partition coefficient (Wildman–Crippen LogP) is 2.21. The number of benzene rings is 1. The van der Waals surface area contributed by atoms with Crippen molar-refractivity contribution in [1.82, 2.24) is 0 Å². The van der Waals surface area contributed by atoms with Gasteiger partial charge in [-0.1, -0.05) is 11.2 Å². The number of carboxylic acids is 1. The van der Waals surface area contributed by atoms with E-state index in [0.717, 1.165) is 0 Å². The summed E-state index contributed by atoms with van der Waals surface area (Å²) in [6.45, 7) is 0. The van der Waals surface area contributed by atoms with E-state index in [9.17, 15) is 4.79 Å². The van der Waals surface area contributed by atoms with Crippen LogP contribution in [0.5, 0.6) is 0 Å². The fourth-order valence-corrected chi connectivity index (χ4v) is 1.31. The molecule has 0 saturated carbocycles. The molecule has 1 heterocycles. The van der Waals surface area contributed by atoms with Crippen molar-refractivity contribution in [3.05, 3.63) is 53.9 Å². The van der Waals surface area contributed by atoms with Crippen LogP contribution < -0.4 is 5.32 Å². The summed E-state index contributed by atoms with van der Waals surface area (Å²) in [6, 6.07) is 6.53. The zero-order valence-electron chi connectivity index (χ0n) is 8.83. The van der Waals surface area contributed by atoms with Crippen LogP contribution in [0.2, 0.25) is 0 Å². The molecule has 1 aliphatic heterocycles. The molecule has 1 aliphatic rings. The molecule has 0 radical (unpaired) electrons. The molecule has 0 aromatic heterocycles. The highest BCUT2D eigenvalue weighted by atomic mass is 16.6. The van der Waals surface area contributed by atoms with Crippen LogP contribution in [0.1, 0.15) is 10.4 Å². The number of allylic oxidation sites excluding steroid dienone is 3. The fourth-order valence-electron chi connectivity index (χ4n) is 1.31. The Bertz CT molecular complexity index is 518. The smallest absolute Gasteiger partial charge is 0.335 e. The molecule has 2 N–H and O–H groups in total. The number of nitrogens with one attached hydrogen (secondary N) is 1. The number of anilines is 1. The van der Waals surface area contributed by atoms with E-state index in [1.165, 1.54) is 18.5 Å². The lowest BCUT2D eigenvalue weighted by molar-refractivity contribution is 0.0697. The van der Waals surface area contributed by atoms with Crippen LogP contribution in [0.25, 0.3) is 0 Å². The Kier molecular flexibility index (Phi) is 3.20. The summed E-state index contributed by atoms with van der Waals surface area (Å²) in [6.07, 6.45) is 6.41. The van der Waals surface area contributed by atoms with E-state index in [1.54, 1.807) is 30.4 Å². The van der Waals surface area contributed by atoms with Crippen LogP contribution >= 0.6 is 0 Å². The highest BCUT2D eigenvalue weighted by Gasteiger charge is 2.03. The van der Waals surface area contributed by atoms with Crippen molar-refractivity contribution in [3.63, 3.8) is 0 Å². The summed E-state index contributed by atoms with van der Waals surface area (Å²) < 4.78 is 0. The minimum absolute atomic E-state index is 0.230. The third-order valence-electron chi connectivity index (χ3n) is 2.07. The lowest BCUT2D eigenvalue weighted by Gasteiger charge is -2.06. The molecule has 0 unspecified atom stereocenters. The summed E-state index contributed by atoms with van der Waals surface area (Å²) >= 11 is 0. The van der Waals surface area contributed by atoms with Crippen LogP contribution in [0.3, 0.4) is 0 Å². The maximum atomic E-state index is 10.8. The van der Waals surface area contributed by atoms with Crippen molar-refractivity contribution in [2.75, 3.05) is 5.32 Å². The molecule has 86 valence electrons. The average Bonchev–Trinajstić information content (AvgIpc) is 2.58.